The van der Waals surface area contributed by atoms with Gasteiger partial charge in [0, 0.05) is 4.90 Å². The van der Waals surface area contributed by atoms with Gasteiger partial charge in [-0.2, -0.15) is 0 Å². The first-order valence-corrected chi connectivity index (χ1v) is 12.7. The van der Waals surface area contributed by atoms with Crippen LogP contribution in [0.3, 0.4) is 0 Å². The standard InChI is InChI=1S/C24H25FN2O3S2/c1-17-4-10-21(11-5-17)27(32(29,30)23-14-12-22(31-3)13-15-23)16-24(28)26-18(2)19-6-8-20(25)9-7-19/h4-15,18H,16H2,1-3H3,(H,26,28)/t18-/m0/s1. The quantitative estimate of drug-likeness (QED) is 0.472. The number of hydrogen-bond donors (Lipinski definition) is 1. The van der Waals surface area contributed by atoms with Crippen LogP contribution in [0.5, 0.6) is 0 Å². The van der Waals surface area contributed by atoms with E-state index in [0.29, 0.717) is 5.69 Å². The molecule has 0 spiro atoms. The minimum atomic E-state index is -3.98. The summed E-state index contributed by atoms with van der Waals surface area (Å²) in [4.78, 5) is 13.9. The highest BCUT2D eigenvalue weighted by atomic mass is 32.2. The number of sulfonamides is 1. The van der Waals surface area contributed by atoms with Crippen molar-refractivity contribution in [2.75, 3.05) is 17.1 Å². The van der Waals surface area contributed by atoms with Crippen LogP contribution in [0.2, 0.25) is 0 Å². The molecule has 168 valence electrons. The second-order valence-electron chi connectivity index (χ2n) is 7.36. The van der Waals surface area contributed by atoms with E-state index in [2.05, 4.69) is 5.32 Å². The summed E-state index contributed by atoms with van der Waals surface area (Å²) in [6.07, 6.45) is 1.91. The Balaban J connectivity index is 1.87. The smallest absolute Gasteiger partial charge is 0.264 e. The maximum Gasteiger partial charge on any atom is 0.264 e. The lowest BCUT2D eigenvalue weighted by atomic mass is 10.1. The van der Waals surface area contributed by atoms with Crippen LogP contribution in [-0.4, -0.2) is 27.1 Å². The average Bonchev–Trinajstić information content (AvgIpc) is 2.78. The second-order valence-corrected chi connectivity index (χ2v) is 10.1. The first-order chi connectivity index (χ1) is 15.2. The third kappa shape index (κ3) is 5.69. The van der Waals surface area contributed by atoms with Crippen LogP contribution in [0.1, 0.15) is 24.1 Å². The van der Waals surface area contributed by atoms with Crippen LogP contribution in [0.25, 0.3) is 0 Å². The van der Waals surface area contributed by atoms with E-state index >= 15 is 0 Å². The number of nitrogens with one attached hydrogen (secondary N) is 1. The molecule has 0 aromatic heterocycles. The predicted molar refractivity (Wildman–Crippen MR) is 127 cm³/mol. The molecule has 5 nitrogen and oxygen atoms in total. The van der Waals surface area contributed by atoms with Crippen LogP contribution < -0.4 is 9.62 Å². The van der Waals surface area contributed by atoms with E-state index in [1.54, 1.807) is 67.6 Å². The summed E-state index contributed by atoms with van der Waals surface area (Å²) in [6.45, 7) is 3.28. The van der Waals surface area contributed by atoms with Crippen molar-refractivity contribution in [2.24, 2.45) is 0 Å². The zero-order chi connectivity index (χ0) is 23.3. The summed E-state index contributed by atoms with van der Waals surface area (Å²) < 4.78 is 41.2. The zero-order valence-corrected chi connectivity index (χ0v) is 19.7. The van der Waals surface area contributed by atoms with Crippen LogP contribution in [0.4, 0.5) is 10.1 Å². The first kappa shape index (κ1) is 23.8. The largest absolute Gasteiger partial charge is 0.348 e. The average molecular weight is 473 g/mol. The van der Waals surface area contributed by atoms with Gasteiger partial charge in [0.2, 0.25) is 5.91 Å². The Hall–Kier alpha value is -2.84. The molecule has 3 aromatic rings. The third-order valence-electron chi connectivity index (χ3n) is 5.00. The molecule has 0 aliphatic heterocycles. The number of benzene rings is 3. The molecule has 0 unspecified atom stereocenters. The van der Waals surface area contributed by atoms with Gasteiger partial charge in [0.05, 0.1) is 16.6 Å². The number of anilines is 1. The highest BCUT2D eigenvalue weighted by Crippen LogP contribution is 2.26. The van der Waals surface area contributed by atoms with Gasteiger partial charge in [0.15, 0.2) is 0 Å². The lowest BCUT2D eigenvalue weighted by Crippen LogP contribution is -2.41. The Morgan fingerprint density at radius 3 is 2.16 bits per heavy atom. The van der Waals surface area contributed by atoms with Gasteiger partial charge in [-0.1, -0.05) is 29.8 Å². The van der Waals surface area contributed by atoms with Crippen molar-refractivity contribution in [1.29, 1.82) is 0 Å². The molecule has 3 rings (SSSR count). The second kappa shape index (κ2) is 10.2. The number of nitrogens with zero attached hydrogens (tertiary/aromatic N) is 1. The summed E-state index contributed by atoms with van der Waals surface area (Å²) in [5.74, 6) is -0.830. The Labute approximate surface area is 192 Å². The fraction of sp³-hybridized carbons (Fsp3) is 0.208. The van der Waals surface area contributed by atoms with E-state index in [1.165, 1.54) is 23.9 Å². The molecule has 8 heteroatoms. The molecule has 1 atom stereocenters. The minimum absolute atomic E-state index is 0.107. The topological polar surface area (TPSA) is 66.5 Å². The van der Waals surface area contributed by atoms with Gasteiger partial charge < -0.3 is 5.32 Å². The van der Waals surface area contributed by atoms with Gasteiger partial charge >= 0.3 is 0 Å². The van der Waals surface area contributed by atoms with Crippen molar-refractivity contribution < 1.29 is 17.6 Å². The number of amides is 1. The molecule has 3 aromatic carbocycles. The molecular weight excluding hydrogens is 447 g/mol. The van der Waals surface area contributed by atoms with Crippen LogP contribution >= 0.6 is 11.8 Å². The molecule has 1 amide bonds. The number of thioether (sulfide) groups is 1. The maximum absolute atomic E-state index is 13.4. The number of halogens is 1. The van der Waals surface area contributed by atoms with Gasteiger partial charge in [0.25, 0.3) is 10.0 Å². The molecule has 0 saturated carbocycles. The number of hydrogen-bond acceptors (Lipinski definition) is 4. The summed E-state index contributed by atoms with van der Waals surface area (Å²) in [7, 11) is -3.98. The minimum Gasteiger partial charge on any atom is -0.348 e. The molecule has 0 radical (unpaired) electrons. The number of aryl methyl sites for hydroxylation is 1. The normalized spacial score (nSPS) is 12.2. The lowest BCUT2D eigenvalue weighted by molar-refractivity contribution is -0.120. The monoisotopic (exact) mass is 472 g/mol. The highest BCUT2D eigenvalue weighted by Gasteiger charge is 2.27. The van der Waals surface area contributed by atoms with E-state index in [4.69, 9.17) is 0 Å². The number of carbonyl (C=O) groups excluding carboxylic acids is 1. The predicted octanol–water partition coefficient (Wildman–Crippen LogP) is 4.93. The summed E-state index contributed by atoms with van der Waals surface area (Å²) in [5, 5.41) is 2.80. The van der Waals surface area contributed by atoms with Crippen LogP contribution in [-0.2, 0) is 14.8 Å². The Morgan fingerprint density at radius 2 is 1.59 bits per heavy atom. The molecule has 32 heavy (non-hydrogen) atoms. The summed E-state index contributed by atoms with van der Waals surface area (Å²) >= 11 is 1.51. The van der Waals surface area contributed by atoms with Crippen LogP contribution in [0.15, 0.2) is 82.6 Å². The van der Waals surface area contributed by atoms with E-state index in [-0.39, 0.29) is 17.3 Å². The van der Waals surface area contributed by atoms with E-state index in [9.17, 15) is 17.6 Å². The van der Waals surface area contributed by atoms with Crippen molar-refractivity contribution >= 4 is 33.4 Å². The number of rotatable bonds is 8. The zero-order valence-electron chi connectivity index (χ0n) is 18.1. The van der Waals surface area contributed by atoms with Crippen molar-refractivity contribution in [3.8, 4) is 0 Å². The summed E-state index contributed by atoms with van der Waals surface area (Å²) in [5.41, 5.74) is 2.09. The fourth-order valence-corrected chi connectivity index (χ4v) is 4.98. The van der Waals surface area contributed by atoms with E-state index in [0.717, 1.165) is 20.3 Å². The van der Waals surface area contributed by atoms with Crippen molar-refractivity contribution in [3.63, 3.8) is 0 Å². The van der Waals surface area contributed by atoms with Gasteiger partial charge in [-0.15, -0.1) is 11.8 Å². The molecule has 0 aliphatic carbocycles. The summed E-state index contributed by atoms with van der Waals surface area (Å²) in [6, 6.07) is 18.9. The molecular formula is C24H25FN2O3S2. The molecule has 0 aliphatic rings. The Kier molecular flexibility index (Phi) is 7.58. The molecule has 0 saturated heterocycles. The third-order valence-corrected chi connectivity index (χ3v) is 7.54. The van der Waals surface area contributed by atoms with Crippen LogP contribution in [0, 0.1) is 12.7 Å². The highest BCUT2D eigenvalue weighted by molar-refractivity contribution is 7.98. The first-order valence-electron chi connectivity index (χ1n) is 9.99. The molecule has 1 N–H and O–H groups in total. The van der Waals surface area contributed by atoms with Gasteiger partial charge in [-0.05, 0) is 74.2 Å². The SMILES string of the molecule is CSc1ccc(S(=O)(=O)N(CC(=O)N[C@@H](C)c2ccc(F)cc2)c2ccc(C)cc2)cc1. The fourth-order valence-electron chi connectivity index (χ4n) is 3.15. The Morgan fingerprint density at radius 1 is 1.00 bits per heavy atom. The molecule has 0 fully saturated rings. The Bertz CT molecular complexity index is 1160. The molecule has 0 bridgehead atoms. The van der Waals surface area contributed by atoms with Crippen molar-refractivity contribution in [2.45, 2.75) is 29.7 Å². The van der Waals surface area contributed by atoms with E-state index in [1.807, 2.05) is 13.2 Å². The lowest BCUT2D eigenvalue weighted by Gasteiger charge is -2.25. The number of carbonyl (C=O) groups is 1. The van der Waals surface area contributed by atoms with Crippen molar-refractivity contribution in [3.05, 3.63) is 89.7 Å². The van der Waals surface area contributed by atoms with E-state index < -0.39 is 22.0 Å². The van der Waals surface area contributed by atoms with Crippen molar-refractivity contribution in [1.82, 2.24) is 5.32 Å². The van der Waals surface area contributed by atoms with Gasteiger partial charge in [-0.3, -0.25) is 9.10 Å². The maximum atomic E-state index is 13.4. The van der Waals surface area contributed by atoms with Gasteiger partial charge in [0.1, 0.15) is 12.4 Å². The molecule has 0 heterocycles. The van der Waals surface area contributed by atoms with Gasteiger partial charge in [-0.25, -0.2) is 12.8 Å².